The molecule has 11 heteroatoms. The number of benzene rings is 1. The van der Waals surface area contributed by atoms with Crippen molar-refractivity contribution in [3.8, 4) is 5.75 Å². The summed E-state index contributed by atoms with van der Waals surface area (Å²) in [5, 5.41) is 0. The molecule has 1 aliphatic heterocycles. The first-order valence-electron chi connectivity index (χ1n) is 10.6. The van der Waals surface area contributed by atoms with Crippen molar-refractivity contribution in [3.63, 3.8) is 0 Å². The van der Waals surface area contributed by atoms with Gasteiger partial charge in [0.1, 0.15) is 18.6 Å². The zero-order chi connectivity index (χ0) is 23.1. The summed E-state index contributed by atoms with van der Waals surface area (Å²) in [7, 11) is -3.87. The quantitative estimate of drug-likeness (QED) is 0.542. The molecule has 0 amide bonds. The van der Waals surface area contributed by atoms with Crippen molar-refractivity contribution in [3.05, 3.63) is 62.9 Å². The predicted molar refractivity (Wildman–Crippen MR) is 118 cm³/mol. The lowest BCUT2D eigenvalue weighted by Gasteiger charge is -2.24. The van der Waals surface area contributed by atoms with Crippen molar-refractivity contribution < 1.29 is 22.6 Å². The molecule has 0 radical (unpaired) electrons. The number of hydrogen-bond acceptors (Lipinski definition) is 7. The smallest absolute Gasteiger partial charge is 0.330 e. The summed E-state index contributed by atoms with van der Waals surface area (Å²) in [5.41, 5.74) is -1.63. The van der Waals surface area contributed by atoms with E-state index in [2.05, 4.69) is 9.71 Å². The molecule has 1 saturated heterocycles. The van der Waals surface area contributed by atoms with E-state index in [9.17, 15) is 18.0 Å². The summed E-state index contributed by atoms with van der Waals surface area (Å²) in [6.45, 7) is 4.45. The number of rotatable bonds is 10. The second kappa shape index (κ2) is 10.9. The van der Waals surface area contributed by atoms with Gasteiger partial charge in [0.05, 0.1) is 13.2 Å². The van der Waals surface area contributed by atoms with Crippen LogP contribution in [0.25, 0.3) is 0 Å². The molecule has 2 atom stereocenters. The third-order valence-electron chi connectivity index (χ3n) is 5.15. The molecule has 176 valence electrons. The maximum Gasteiger partial charge on any atom is 0.330 e. The van der Waals surface area contributed by atoms with Crippen LogP contribution in [0.1, 0.15) is 44.7 Å². The second-order valence-electron chi connectivity index (χ2n) is 7.60. The van der Waals surface area contributed by atoms with Crippen LogP contribution in [0.3, 0.4) is 0 Å². The largest absolute Gasteiger partial charge is 0.490 e. The first-order valence-corrected chi connectivity index (χ1v) is 12.1. The van der Waals surface area contributed by atoms with Gasteiger partial charge in [-0.25, -0.2) is 17.9 Å². The van der Waals surface area contributed by atoms with Crippen LogP contribution in [-0.2, 0) is 26.2 Å². The molecule has 0 bridgehead atoms. The van der Waals surface area contributed by atoms with Crippen LogP contribution in [-0.4, -0.2) is 42.7 Å². The molecule has 0 saturated carbocycles. The van der Waals surface area contributed by atoms with Gasteiger partial charge in [-0.2, -0.15) is 0 Å². The number of hydrogen-bond donors (Lipinski definition) is 2. The average Bonchev–Trinajstić information content (AvgIpc) is 2.76. The molecule has 10 nitrogen and oxygen atoms in total. The minimum absolute atomic E-state index is 0.0835. The van der Waals surface area contributed by atoms with E-state index in [0.717, 1.165) is 29.0 Å². The van der Waals surface area contributed by atoms with Crippen molar-refractivity contribution in [1.29, 1.82) is 0 Å². The highest BCUT2D eigenvalue weighted by atomic mass is 32.2. The van der Waals surface area contributed by atoms with E-state index in [1.165, 1.54) is 6.20 Å². The molecule has 2 aromatic rings. The van der Waals surface area contributed by atoms with Crippen LogP contribution >= 0.6 is 0 Å². The summed E-state index contributed by atoms with van der Waals surface area (Å²) in [5.74, 6) is 0.682. The van der Waals surface area contributed by atoms with E-state index < -0.39 is 32.8 Å². The first-order chi connectivity index (χ1) is 15.3. The molecule has 3 rings (SSSR count). The van der Waals surface area contributed by atoms with Crippen molar-refractivity contribution in [2.75, 3.05) is 13.2 Å². The van der Waals surface area contributed by atoms with Crippen LogP contribution in [0, 0.1) is 0 Å². The zero-order valence-corrected chi connectivity index (χ0v) is 19.0. The van der Waals surface area contributed by atoms with E-state index in [0.29, 0.717) is 19.0 Å². The summed E-state index contributed by atoms with van der Waals surface area (Å²) >= 11 is 0. The van der Waals surface area contributed by atoms with Crippen LogP contribution < -0.4 is 20.7 Å². The zero-order valence-electron chi connectivity index (χ0n) is 18.2. The Morgan fingerprint density at radius 2 is 2.00 bits per heavy atom. The number of aromatic nitrogens is 2. The number of nitrogens with one attached hydrogen (secondary N) is 2. The molecule has 32 heavy (non-hydrogen) atoms. The van der Waals surface area contributed by atoms with Crippen LogP contribution in [0.15, 0.2) is 46.1 Å². The molecule has 1 aliphatic rings. The highest BCUT2D eigenvalue weighted by Gasteiger charge is 2.27. The molecular weight excluding hydrogens is 438 g/mol. The van der Waals surface area contributed by atoms with Gasteiger partial charge in [0.15, 0.2) is 5.44 Å². The number of ether oxygens (including phenoxy) is 3. The van der Waals surface area contributed by atoms with Crippen LogP contribution in [0.5, 0.6) is 5.75 Å². The van der Waals surface area contributed by atoms with Gasteiger partial charge in [0.25, 0.3) is 5.56 Å². The molecule has 0 aliphatic carbocycles. The van der Waals surface area contributed by atoms with Gasteiger partial charge in [0, 0.05) is 31.1 Å². The lowest BCUT2D eigenvalue weighted by molar-refractivity contribution is 0.0255. The second-order valence-corrected chi connectivity index (χ2v) is 9.45. The molecule has 2 unspecified atom stereocenters. The van der Waals surface area contributed by atoms with E-state index in [-0.39, 0.29) is 19.3 Å². The predicted octanol–water partition coefficient (Wildman–Crippen LogP) is 1.49. The summed E-state index contributed by atoms with van der Waals surface area (Å²) in [4.78, 5) is 25.0. The fraction of sp³-hybridized carbons (Fsp3) is 0.524. The molecular formula is C21H29N3O7S. The highest BCUT2D eigenvalue weighted by molar-refractivity contribution is 7.89. The Labute approximate surface area is 186 Å². The number of H-pyrrole nitrogens is 1. The third kappa shape index (κ3) is 6.52. The van der Waals surface area contributed by atoms with Gasteiger partial charge >= 0.3 is 5.69 Å². The SMILES string of the molecule is CCC(OCn1ccc(=O)[nH]c1=O)S(=O)(=O)NC(C)c1cccc(OC2CCOCC2)c1. The normalized spacial score (nSPS) is 17.1. The maximum atomic E-state index is 12.9. The van der Waals surface area contributed by atoms with Gasteiger partial charge in [-0.15, -0.1) is 0 Å². The molecule has 1 aromatic heterocycles. The van der Waals surface area contributed by atoms with Crippen LogP contribution in [0.2, 0.25) is 0 Å². The van der Waals surface area contributed by atoms with E-state index in [1.807, 2.05) is 24.3 Å². The van der Waals surface area contributed by atoms with Crippen molar-refractivity contribution in [2.45, 2.75) is 57.4 Å². The van der Waals surface area contributed by atoms with E-state index >= 15 is 0 Å². The Balaban J connectivity index is 1.64. The summed E-state index contributed by atoms with van der Waals surface area (Å²) in [6.07, 6.45) is 3.15. The molecule has 1 fully saturated rings. The maximum absolute atomic E-state index is 12.9. The Bertz CT molecular complexity index is 1110. The standard InChI is InChI=1S/C21H29N3O7S/c1-3-20(30-14-24-10-7-19(25)22-21(24)26)32(27,28)23-15(2)16-5-4-6-18(13-16)31-17-8-11-29-12-9-17/h4-7,10,13,15,17,20,23H,3,8-9,11-12,14H2,1-2H3,(H,22,25,26). The topological polar surface area (TPSA) is 129 Å². The number of aromatic amines is 1. The van der Waals surface area contributed by atoms with E-state index in [4.69, 9.17) is 14.2 Å². The van der Waals surface area contributed by atoms with Gasteiger partial charge < -0.3 is 14.2 Å². The first kappa shape index (κ1) is 24.2. The number of nitrogens with zero attached hydrogens (tertiary/aromatic N) is 1. The molecule has 0 spiro atoms. The van der Waals surface area contributed by atoms with Gasteiger partial charge in [0.2, 0.25) is 10.0 Å². The van der Waals surface area contributed by atoms with E-state index in [1.54, 1.807) is 13.8 Å². The Morgan fingerprint density at radius 3 is 2.69 bits per heavy atom. The molecule has 1 aromatic carbocycles. The van der Waals surface area contributed by atoms with Crippen molar-refractivity contribution in [2.24, 2.45) is 0 Å². The Hall–Kier alpha value is -2.47. The fourth-order valence-corrected chi connectivity index (χ4v) is 4.83. The minimum Gasteiger partial charge on any atom is -0.490 e. The number of sulfonamides is 1. The van der Waals surface area contributed by atoms with Crippen LogP contribution in [0.4, 0.5) is 0 Å². The Morgan fingerprint density at radius 1 is 1.25 bits per heavy atom. The van der Waals surface area contributed by atoms with Crippen molar-refractivity contribution >= 4 is 10.0 Å². The fourth-order valence-electron chi connectivity index (χ4n) is 3.37. The lowest BCUT2D eigenvalue weighted by atomic mass is 10.1. The monoisotopic (exact) mass is 467 g/mol. The molecule has 2 N–H and O–H groups in total. The summed E-state index contributed by atoms with van der Waals surface area (Å²) < 4.78 is 46.3. The average molecular weight is 468 g/mol. The van der Waals surface area contributed by atoms with Gasteiger partial charge in [-0.05, 0) is 31.0 Å². The lowest BCUT2D eigenvalue weighted by Crippen LogP contribution is -2.38. The summed E-state index contributed by atoms with van der Waals surface area (Å²) in [6, 6.07) is 7.96. The Kier molecular flexibility index (Phi) is 8.24. The third-order valence-corrected chi connectivity index (χ3v) is 6.99. The van der Waals surface area contributed by atoms with Gasteiger partial charge in [-0.1, -0.05) is 19.1 Å². The van der Waals surface area contributed by atoms with Crippen molar-refractivity contribution in [1.82, 2.24) is 14.3 Å². The minimum atomic E-state index is -3.87. The molecule has 2 heterocycles. The van der Waals surface area contributed by atoms with Gasteiger partial charge in [-0.3, -0.25) is 14.3 Å². The highest BCUT2D eigenvalue weighted by Crippen LogP contribution is 2.23.